The minimum Gasteiger partial charge on any atom is -0.329 e. The number of hydrogen-bond acceptors (Lipinski definition) is 1. The van der Waals surface area contributed by atoms with E-state index in [9.17, 15) is 0 Å². The summed E-state index contributed by atoms with van der Waals surface area (Å²) in [4.78, 5) is 4.60. The third-order valence-electron chi connectivity index (χ3n) is 3.13. The Morgan fingerprint density at radius 2 is 2.20 bits per heavy atom. The average Bonchev–Trinajstić information content (AvgIpc) is 2.47. The SMILES string of the molecule is CC1CCCc2cnc(CC(C)(C)C)n21. The van der Waals surface area contributed by atoms with Crippen molar-refractivity contribution in [3.8, 4) is 0 Å². The second-order valence-electron chi connectivity index (χ2n) is 6.01. The highest BCUT2D eigenvalue weighted by Gasteiger charge is 2.22. The van der Waals surface area contributed by atoms with E-state index in [-0.39, 0.29) is 0 Å². The van der Waals surface area contributed by atoms with Crippen LogP contribution in [0.2, 0.25) is 0 Å². The Hall–Kier alpha value is -0.790. The zero-order valence-electron chi connectivity index (χ0n) is 10.4. The van der Waals surface area contributed by atoms with Gasteiger partial charge in [-0.05, 0) is 31.6 Å². The van der Waals surface area contributed by atoms with Crippen molar-refractivity contribution in [2.75, 3.05) is 0 Å². The number of aromatic nitrogens is 2. The maximum Gasteiger partial charge on any atom is 0.109 e. The van der Waals surface area contributed by atoms with Crippen LogP contribution in [-0.4, -0.2) is 9.55 Å². The fraction of sp³-hybridized carbons (Fsp3) is 0.769. The Balaban J connectivity index is 2.30. The molecule has 2 nitrogen and oxygen atoms in total. The number of fused-ring (bicyclic) bond motifs is 1. The van der Waals surface area contributed by atoms with Crippen molar-refractivity contribution in [1.82, 2.24) is 9.55 Å². The Morgan fingerprint density at radius 1 is 1.47 bits per heavy atom. The van der Waals surface area contributed by atoms with E-state index in [2.05, 4.69) is 43.4 Å². The summed E-state index contributed by atoms with van der Waals surface area (Å²) < 4.78 is 2.47. The minimum absolute atomic E-state index is 0.333. The van der Waals surface area contributed by atoms with Crippen LogP contribution in [0.5, 0.6) is 0 Å². The van der Waals surface area contributed by atoms with E-state index in [4.69, 9.17) is 0 Å². The van der Waals surface area contributed by atoms with Crippen LogP contribution < -0.4 is 0 Å². The molecule has 2 rings (SSSR count). The number of rotatable bonds is 1. The van der Waals surface area contributed by atoms with Gasteiger partial charge in [0.1, 0.15) is 5.82 Å². The van der Waals surface area contributed by atoms with Crippen LogP contribution in [-0.2, 0) is 12.8 Å². The molecule has 0 amide bonds. The van der Waals surface area contributed by atoms with Crippen LogP contribution >= 0.6 is 0 Å². The normalized spacial score (nSPS) is 21.5. The van der Waals surface area contributed by atoms with Crippen molar-refractivity contribution in [3.05, 3.63) is 17.7 Å². The summed E-state index contributed by atoms with van der Waals surface area (Å²) in [6, 6.07) is 0.647. The molecular formula is C13H22N2. The highest BCUT2D eigenvalue weighted by Crippen LogP contribution is 2.29. The topological polar surface area (TPSA) is 17.8 Å². The molecule has 0 spiro atoms. The van der Waals surface area contributed by atoms with Crippen molar-refractivity contribution in [3.63, 3.8) is 0 Å². The Kier molecular flexibility index (Phi) is 2.61. The van der Waals surface area contributed by atoms with Gasteiger partial charge in [0.15, 0.2) is 0 Å². The molecule has 1 unspecified atom stereocenters. The second-order valence-corrected chi connectivity index (χ2v) is 6.01. The fourth-order valence-electron chi connectivity index (χ4n) is 2.47. The van der Waals surface area contributed by atoms with E-state index in [0.717, 1.165) is 6.42 Å². The molecule has 0 saturated heterocycles. The molecule has 84 valence electrons. The number of hydrogen-bond donors (Lipinski definition) is 0. The van der Waals surface area contributed by atoms with Gasteiger partial charge in [-0.15, -0.1) is 0 Å². The van der Waals surface area contributed by atoms with Gasteiger partial charge in [-0.25, -0.2) is 4.98 Å². The maximum absolute atomic E-state index is 4.60. The van der Waals surface area contributed by atoms with E-state index in [0.29, 0.717) is 11.5 Å². The van der Waals surface area contributed by atoms with Crippen LogP contribution in [0.15, 0.2) is 6.20 Å². The van der Waals surface area contributed by atoms with Gasteiger partial charge in [-0.2, -0.15) is 0 Å². The first-order valence-corrected chi connectivity index (χ1v) is 6.02. The molecule has 2 heteroatoms. The lowest BCUT2D eigenvalue weighted by Crippen LogP contribution is -2.20. The first-order valence-electron chi connectivity index (χ1n) is 6.02. The zero-order chi connectivity index (χ0) is 11.1. The molecule has 2 heterocycles. The van der Waals surface area contributed by atoms with Crippen molar-refractivity contribution >= 4 is 0 Å². The highest BCUT2D eigenvalue weighted by molar-refractivity contribution is 5.11. The van der Waals surface area contributed by atoms with E-state index in [1.54, 1.807) is 0 Å². The second kappa shape index (κ2) is 3.66. The van der Waals surface area contributed by atoms with Crippen LogP contribution in [0.4, 0.5) is 0 Å². The Morgan fingerprint density at radius 3 is 2.87 bits per heavy atom. The molecule has 0 aliphatic carbocycles. The maximum atomic E-state index is 4.60. The molecular weight excluding hydrogens is 184 g/mol. The number of nitrogens with zero attached hydrogens (tertiary/aromatic N) is 2. The molecule has 1 aromatic heterocycles. The van der Waals surface area contributed by atoms with E-state index in [1.807, 2.05) is 0 Å². The van der Waals surface area contributed by atoms with Gasteiger partial charge in [0.2, 0.25) is 0 Å². The molecule has 15 heavy (non-hydrogen) atoms. The van der Waals surface area contributed by atoms with Gasteiger partial charge in [0, 0.05) is 24.4 Å². The third kappa shape index (κ3) is 2.24. The van der Waals surface area contributed by atoms with Crippen molar-refractivity contribution in [1.29, 1.82) is 0 Å². The molecule has 0 bridgehead atoms. The Bertz CT molecular complexity index is 344. The van der Waals surface area contributed by atoms with Crippen LogP contribution in [0, 0.1) is 5.41 Å². The van der Waals surface area contributed by atoms with Crippen LogP contribution in [0.1, 0.15) is 58.1 Å². The lowest BCUT2D eigenvalue weighted by atomic mass is 9.91. The lowest BCUT2D eigenvalue weighted by molar-refractivity contribution is 0.362. The molecule has 0 N–H and O–H groups in total. The molecule has 1 aromatic rings. The van der Waals surface area contributed by atoms with Gasteiger partial charge in [0.25, 0.3) is 0 Å². The predicted molar refractivity (Wildman–Crippen MR) is 63.0 cm³/mol. The molecule has 0 aromatic carbocycles. The molecule has 1 aliphatic rings. The minimum atomic E-state index is 0.333. The van der Waals surface area contributed by atoms with Crippen molar-refractivity contribution in [2.24, 2.45) is 5.41 Å². The predicted octanol–water partition coefficient (Wildman–Crippen LogP) is 3.37. The van der Waals surface area contributed by atoms with Gasteiger partial charge < -0.3 is 4.57 Å². The molecule has 0 saturated carbocycles. The summed E-state index contributed by atoms with van der Waals surface area (Å²) in [5, 5.41) is 0. The smallest absolute Gasteiger partial charge is 0.109 e. The summed E-state index contributed by atoms with van der Waals surface area (Å²) in [6.45, 7) is 9.16. The molecule has 0 fully saturated rings. The van der Waals surface area contributed by atoms with Crippen LogP contribution in [0.3, 0.4) is 0 Å². The zero-order valence-corrected chi connectivity index (χ0v) is 10.4. The number of imidazole rings is 1. The van der Waals surface area contributed by atoms with Crippen LogP contribution in [0.25, 0.3) is 0 Å². The summed E-state index contributed by atoms with van der Waals surface area (Å²) in [6.07, 6.45) is 7.00. The monoisotopic (exact) mass is 206 g/mol. The summed E-state index contributed by atoms with van der Waals surface area (Å²) >= 11 is 0. The highest BCUT2D eigenvalue weighted by atomic mass is 15.1. The van der Waals surface area contributed by atoms with Crippen molar-refractivity contribution in [2.45, 2.75) is 59.4 Å². The molecule has 0 radical (unpaired) electrons. The summed E-state index contributed by atoms with van der Waals surface area (Å²) in [5.74, 6) is 1.28. The van der Waals surface area contributed by atoms with Gasteiger partial charge in [-0.1, -0.05) is 20.8 Å². The largest absolute Gasteiger partial charge is 0.329 e. The average molecular weight is 206 g/mol. The number of aryl methyl sites for hydroxylation is 1. The first-order chi connectivity index (χ1) is 6.97. The van der Waals surface area contributed by atoms with E-state index in [1.165, 1.54) is 30.8 Å². The standard InChI is InChI=1S/C13H22N2/c1-10-6-5-7-11-9-14-12(15(10)11)8-13(2,3)4/h9-10H,5-8H2,1-4H3. The summed E-state index contributed by atoms with van der Waals surface area (Å²) in [5.41, 5.74) is 1.77. The lowest BCUT2D eigenvalue weighted by Gasteiger charge is -2.26. The van der Waals surface area contributed by atoms with Gasteiger partial charge in [0.05, 0.1) is 0 Å². The van der Waals surface area contributed by atoms with E-state index < -0.39 is 0 Å². The van der Waals surface area contributed by atoms with Gasteiger partial charge >= 0.3 is 0 Å². The third-order valence-corrected chi connectivity index (χ3v) is 3.13. The van der Waals surface area contributed by atoms with Crippen molar-refractivity contribution < 1.29 is 0 Å². The first kappa shape index (κ1) is 10.7. The molecule has 1 atom stereocenters. The molecule has 1 aliphatic heterocycles. The summed E-state index contributed by atoms with van der Waals surface area (Å²) in [7, 11) is 0. The quantitative estimate of drug-likeness (QED) is 0.689. The fourth-order valence-corrected chi connectivity index (χ4v) is 2.47. The Labute approximate surface area is 92.7 Å². The van der Waals surface area contributed by atoms with Gasteiger partial charge in [-0.3, -0.25) is 0 Å². The van der Waals surface area contributed by atoms with E-state index >= 15 is 0 Å².